The van der Waals surface area contributed by atoms with E-state index in [9.17, 15) is 4.79 Å². The Labute approximate surface area is 173 Å². The zero-order valence-corrected chi connectivity index (χ0v) is 18.1. The van der Waals surface area contributed by atoms with Crippen LogP contribution in [-0.2, 0) is 9.53 Å². The second-order valence-electron chi connectivity index (χ2n) is 7.90. The van der Waals surface area contributed by atoms with Crippen molar-refractivity contribution in [3.05, 3.63) is 23.9 Å². The average Bonchev–Trinajstić information content (AvgIpc) is 2.73. The average molecular weight is 401 g/mol. The van der Waals surface area contributed by atoms with Crippen molar-refractivity contribution in [3.63, 3.8) is 0 Å². The van der Waals surface area contributed by atoms with E-state index in [0.29, 0.717) is 25.6 Å². The number of anilines is 1. The van der Waals surface area contributed by atoms with Crippen molar-refractivity contribution < 1.29 is 14.3 Å². The predicted octanol–water partition coefficient (Wildman–Crippen LogP) is 3.05. The molecule has 2 heterocycles. The summed E-state index contributed by atoms with van der Waals surface area (Å²) < 4.78 is 10.5. The number of benzene rings is 1. The molecule has 1 aromatic carbocycles. The summed E-state index contributed by atoms with van der Waals surface area (Å²) in [5, 5.41) is 1.02. The molecule has 2 aromatic rings. The maximum atomic E-state index is 13.2. The van der Waals surface area contributed by atoms with Gasteiger partial charge in [-0.3, -0.25) is 4.79 Å². The monoisotopic (exact) mass is 400 g/mol. The van der Waals surface area contributed by atoms with E-state index in [0.717, 1.165) is 41.7 Å². The SMILES string of the molecule is COCCN(C(=O)[C@H]1CCCN(c2nc(C)c3ccc(OC)cc3n2)C1)C(C)C. The molecule has 1 aliphatic rings. The second kappa shape index (κ2) is 9.39. The van der Waals surface area contributed by atoms with Crippen LogP contribution in [0, 0.1) is 12.8 Å². The molecule has 0 aliphatic carbocycles. The molecular weight excluding hydrogens is 368 g/mol. The number of methoxy groups -OCH3 is 2. The quantitative estimate of drug-likeness (QED) is 0.712. The molecule has 1 saturated heterocycles. The first-order valence-electron chi connectivity index (χ1n) is 10.3. The molecule has 0 saturated carbocycles. The van der Waals surface area contributed by atoms with Gasteiger partial charge < -0.3 is 19.3 Å². The van der Waals surface area contributed by atoms with E-state index >= 15 is 0 Å². The van der Waals surface area contributed by atoms with Gasteiger partial charge in [-0.15, -0.1) is 0 Å². The van der Waals surface area contributed by atoms with Gasteiger partial charge in [0.25, 0.3) is 0 Å². The molecule has 1 aliphatic heterocycles. The van der Waals surface area contributed by atoms with Crippen molar-refractivity contribution in [2.75, 3.05) is 45.4 Å². The molecule has 0 radical (unpaired) electrons. The van der Waals surface area contributed by atoms with Gasteiger partial charge in [0.1, 0.15) is 5.75 Å². The minimum Gasteiger partial charge on any atom is -0.497 e. The van der Waals surface area contributed by atoms with E-state index in [-0.39, 0.29) is 17.9 Å². The first kappa shape index (κ1) is 21.3. The molecule has 1 aromatic heterocycles. The molecule has 0 bridgehead atoms. The summed E-state index contributed by atoms with van der Waals surface area (Å²) in [5.74, 6) is 1.61. The van der Waals surface area contributed by atoms with Crippen molar-refractivity contribution in [3.8, 4) is 5.75 Å². The van der Waals surface area contributed by atoms with E-state index in [1.54, 1.807) is 14.2 Å². The summed E-state index contributed by atoms with van der Waals surface area (Å²) in [7, 11) is 3.32. The first-order chi connectivity index (χ1) is 13.9. The van der Waals surface area contributed by atoms with Gasteiger partial charge in [-0.25, -0.2) is 9.97 Å². The fraction of sp³-hybridized carbons (Fsp3) is 0.591. The Hall–Kier alpha value is -2.41. The van der Waals surface area contributed by atoms with Gasteiger partial charge in [0.15, 0.2) is 0 Å². The second-order valence-corrected chi connectivity index (χ2v) is 7.90. The van der Waals surface area contributed by atoms with Crippen LogP contribution in [0.25, 0.3) is 10.9 Å². The van der Waals surface area contributed by atoms with E-state index < -0.39 is 0 Å². The Morgan fingerprint density at radius 2 is 2.10 bits per heavy atom. The third kappa shape index (κ3) is 4.78. The Morgan fingerprint density at radius 1 is 1.31 bits per heavy atom. The van der Waals surface area contributed by atoms with Gasteiger partial charge in [-0.2, -0.15) is 0 Å². The molecule has 1 amide bonds. The molecule has 1 fully saturated rings. The number of piperidine rings is 1. The molecule has 0 spiro atoms. The van der Waals surface area contributed by atoms with E-state index in [1.807, 2.05) is 30.0 Å². The number of amides is 1. The van der Waals surface area contributed by atoms with E-state index in [4.69, 9.17) is 19.4 Å². The fourth-order valence-corrected chi connectivity index (χ4v) is 3.93. The van der Waals surface area contributed by atoms with Crippen LogP contribution in [0.4, 0.5) is 5.95 Å². The highest BCUT2D eigenvalue weighted by atomic mass is 16.5. The maximum absolute atomic E-state index is 13.2. The van der Waals surface area contributed by atoms with Crippen molar-refractivity contribution in [1.29, 1.82) is 0 Å². The number of nitrogens with zero attached hydrogens (tertiary/aromatic N) is 4. The molecule has 158 valence electrons. The minimum absolute atomic E-state index is 0.0482. The molecule has 7 nitrogen and oxygen atoms in total. The predicted molar refractivity (Wildman–Crippen MR) is 114 cm³/mol. The van der Waals surface area contributed by atoms with Gasteiger partial charge in [0, 0.05) is 44.2 Å². The fourth-order valence-electron chi connectivity index (χ4n) is 3.93. The van der Waals surface area contributed by atoms with Crippen LogP contribution >= 0.6 is 0 Å². The Morgan fingerprint density at radius 3 is 2.79 bits per heavy atom. The van der Waals surface area contributed by atoms with Crippen molar-refractivity contribution >= 4 is 22.8 Å². The highest BCUT2D eigenvalue weighted by Crippen LogP contribution is 2.27. The summed E-state index contributed by atoms with van der Waals surface area (Å²) >= 11 is 0. The molecule has 0 unspecified atom stereocenters. The topological polar surface area (TPSA) is 67.8 Å². The summed E-state index contributed by atoms with van der Waals surface area (Å²) in [6.07, 6.45) is 1.84. The summed E-state index contributed by atoms with van der Waals surface area (Å²) in [6, 6.07) is 6.01. The Bertz CT molecular complexity index is 855. The molecule has 0 N–H and O–H groups in total. The normalized spacial score (nSPS) is 17.0. The highest BCUT2D eigenvalue weighted by Gasteiger charge is 2.31. The minimum atomic E-state index is -0.0482. The Balaban J connectivity index is 1.82. The van der Waals surface area contributed by atoms with Gasteiger partial charge >= 0.3 is 0 Å². The number of hydrogen-bond donors (Lipinski definition) is 0. The lowest BCUT2D eigenvalue weighted by molar-refractivity contribution is -0.138. The largest absolute Gasteiger partial charge is 0.497 e. The van der Waals surface area contributed by atoms with E-state index in [1.165, 1.54) is 0 Å². The molecule has 3 rings (SSSR count). The van der Waals surface area contributed by atoms with Crippen molar-refractivity contribution in [2.24, 2.45) is 5.92 Å². The number of aromatic nitrogens is 2. The van der Waals surface area contributed by atoms with Crippen LogP contribution in [0.5, 0.6) is 5.75 Å². The zero-order chi connectivity index (χ0) is 21.0. The van der Waals surface area contributed by atoms with Gasteiger partial charge in [-0.1, -0.05) is 0 Å². The zero-order valence-electron chi connectivity index (χ0n) is 18.1. The smallest absolute Gasteiger partial charge is 0.227 e. The molecule has 1 atom stereocenters. The molecular formula is C22H32N4O3. The number of carbonyl (C=O) groups excluding carboxylic acids is 1. The number of hydrogen-bond acceptors (Lipinski definition) is 6. The summed E-state index contributed by atoms with van der Waals surface area (Å²) in [4.78, 5) is 26.8. The molecule has 7 heteroatoms. The highest BCUT2D eigenvalue weighted by molar-refractivity contribution is 5.83. The van der Waals surface area contributed by atoms with Crippen LogP contribution < -0.4 is 9.64 Å². The summed E-state index contributed by atoms with van der Waals surface area (Å²) in [6.45, 7) is 8.78. The maximum Gasteiger partial charge on any atom is 0.227 e. The third-order valence-corrected chi connectivity index (χ3v) is 5.58. The van der Waals surface area contributed by atoms with E-state index in [2.05, 4.69) is 18.7 Å². The molecule has 29 heavy (non-hydrogen) atoms. The van der Waals surface area contributed by atoms with Crippen LogP contribution in [-0.4, -0.2) is 67.3 Å². The van der Waals surface area contributed by atoms with Gasteiger partial charge in [-0.05, 0) is 45.7 Å². The van der Waals surface area contributed by atoms with Gasteiger partial charge in [0.2, 0.25) is 11.9 Å². The summed E-state index contributed by atoms with van der Waals surface area (Å²) in [5.41, 5.74) is 1.80. The lowest BCUT2D eigenvalue weighted by Gasteiger charge is -2.36. The van der Waals surface area contributed by atoms with Crippen LogP contribution in [0.2, 0.25) is 0 Å². The van der Waals surface area contributed by atoms with Crippen molar-refractivity contribution in [2.45, 2.75) is 39.7 Å². The van der Waals surface area contributed by atoms with Gasteiger partial charge in [0.05, 0.1) is 30.8 Å². The number of carbonyl (C=O) groups is 1. The van der Waals surface area contributed by atoms with Crippen LogP contribution in [0.1, 0.15) is 32.4 Å². The lowest BCUT2D eigenvalue weighted by Crippen LogP contribution is -2.48. The standard InChI is InChI=1S/C22H32N4O3/c1-15(2)26(11-12-28-4)21(27)17-7-6-10-25(14-17)22-23-16(3)19-9-8-18(29-5)13-20(19)24-22/h8-9,13,15,17H,6-7,10-12,14H2,1-5H3/t17-/m0/s1. The van der Waals surface area contributed by atoms with Crippen molar-refractivity contribution in [1.82, 2.24) is 14.9 Å². The third-order valence-electron chi connectivity index (χ3n) is 5.58. The Kier molecular flexibility index (Phi) is 6.90. The first-order valence-corrected chi connectivity index (χ1v) is 10.3. The number of aryl methyl sites for hydroxylation is 1. The van der Waals surface area contributed by atoms with Crippen LogP contribution in [0.3, 0.4) is 0 Å². The number of ether oxygens (including phenoxy) is 2. The number of fused-ring (bicyclic) bond motifs is 1. The lowest BCUT2D eigenvalue weighted by atomic mass is 9.96. The number of rotatable bonds is 7. The van der Waals surface area contributed by atoms with Crippen LogP contribution in [0.15, 0.2) is 18.2 Å².